The molecule has 0 radical (unpaired) electrons. The van der Waals surface area contributed by atoms with Crippen molar-refractivity contribution in [2.75, 3.05) is 13.3 Å². The Hall–Kier alpha value is -0.170. The van der Waals surface area contributed by atoms with Crippen molar-refractivity contribution in [2.24, 2.45) is 4.95 Å². The molecule has 0 aliphatic heterocycles. The van der Waals surface area contributed by atoms with E-state index in [1.807, 2.05) is 0 Å². The van der Waals surface area contributed by atoms with E-state index in [0.717, 1.165) is 0 Å². The minimum Gasteiger partial charge on any atom is -0.296 e. The molecule has 0 saturated carbocycles. The van der Waals surface area contributed by atoms with E-state index in [1.54, 1.807) is 0 Å². The second-order valence-corrected chi connectivity index (χ2v) is 4.13. The van der Waals surface area contributed by atoms with Crippen LogP contribution in [0.25, 0.3) is 0 Å². The fourth-order valence-corrected chi connectivity index (χ4v) is 0. The Bertz CT molecular complexity index is 93.7. The molecule has 0 amide bonds. The van der Waals surface area contributed by atoms with Gasteiger partial charge in [0.15, 0.2) is 0 Å². The molecule has 0 spiro atoms. The van der Waals surface area contributed by atoms with Crippen LogP contribution in [-0.4, -0.2) is 13.3 Å². The highest BCUT2D eigenvalue weighted by Crippen LogP contribution is 2.36. The van der Waals surface area contributed by atoms with Crippen LogP contribution in [0, 0.1) is 4.91 Å². The van der Waals surface area contributed by atoms with E-state index >= 15 is 0 Å². The summed E-state index contributed by atoms with van der Waals surface area (Å²) < 4.78 is 10.1. The molecular formula is C2H6NO2P. The maximum Gasteiger partial charge on any atom is 0.227 e. The normalized spacial score (nSPS) is 11.0. The van der Waals surface area contributed by atoms with Gasteiger partial charge in [-0.2, -0.15) is 0 Å². The van der Waals surface area contributed by atoms with E-state index in [4.69, 9.17) is 0 Å². The molecule has 36 valence electrons. The third-order valence-corrected chi connectivity index (χ3v) is 0.590. The lowest BCUT2D eigenvalue weighted by atomic mass is 11.9. The minimum absolute atomic E-state index is 1.32. The van der Waals surface area contributed by atoms with Crippen LogP contribution in [0.3, 0.4) is 0 Å². The summed E-state index contributed by atoms with van der Waals surface area (Å²) in [5.74, 6) is 0. The molecule has 4 heteroatoms. The Morgan fingerprint density at radius 2 is 1.67 bits per heavy atom. The van der Waals surface area contributed by atoms with Crippen molar-refractivity contribution in [1.82, 2.24) is 0 Å². The quantitative estimate of drug-likeness (QED) is 0.374. The molecule has 0 heterocycles. The molecular weight excluding hydrogens is 101 g/mol. The monoisotopic (exact) mass is 107 g/mol. The van der Waals surface area contributed by atoms with Crippen LogP contribution < -0.4 is 0 Å². The van der Waals surface area contributed by atoms with Crippen LogP contribution in [0.1, 0.15) is 0 Å². The first kappa shape index (κ1) is 5.83. The van der Waals surface area contributed by atoms with Gasteiger partial charge in [-0.05, 0) is 4.95 Å². The van der Waals surface area contributed by atoms with Crippen LogP contribution in [0.2, 0.25) is 0 Å². The zero-order valence-corrected chi connectivity index (χ0v) is 4.61. The number of hydrogen-bond acceptors (Lipinski definition) is 2. The SMILES string of the molecule is CP(C)(=O)N=O. The van der Waals surface area contributed by atoms with Crippen molar-refractivity contribution in [1.29, 1.82) is 0 Å². The van der Waals surface area contributed by atoms with E-state index in [0.29, 0.717) is 0 Å². The standard InChI is InChI=1S/C2H6NO2P/c1-6(2,5)3-4/h1-2H3. The molecule has 0 N–H and O–H groups in total. The first-order valence-electron chi connectivity index (χ1n) is 1.46. The van der Waals surface area contributed by atoms with Crippen LogP contribution in [-0.2, 0) is 4.57 Å². The number of hydrogen-bond donors (Lipinski definition) is 0. The van der Waals surface area contributed by atoms with Gasteiger partial charge in [0.05, 0.1) is 0 Å². The van der Waals surface area contributed by atoms with Gasteiger partial charge in [0, 0.05) is 13.3 Å². The first-order chi connectivity index (χ1) is 2.56. The van der Waals surface area contributed by atoms with Gasteiger partial charge in [0.2, 0.25) is 7.29 Å². The molecule has 0 aliphatic rings. The lowest BCUT2D eigenvalue weighted by Gasteiger charge is -1.83. The fraction of sp³-hybridized carbons (Fsp3) is 1.00. The molecule has 0 aromatic carbocycles. The summed E-state index contributed by atoms with van der Waals surface area (Å²) in [6.07, 6.45) is 0. The molecule has 0 unspecified atom stereocenters. The van der Waals surface area contributed by atoms with Gasteiger partial charge in [0.25, 0.3) is 0 Å². The predicted molar refractivity (Wildman–Crippen MR) is 25.2 cm³/mol. The van der Waals surface area contributed by atoms with Gasteiger partial charge in [0.1, 0.15) is 0 Å². The smallest absolute Gasteiger partial charge is 0.227 e. The maximum atomic E-state index is 10.1. The summed E-state index contributed by atoms with van der Waals surface area (Å²) in [4.78, 5) is 11.6. The highest BCUT2D eigenvalue weighted by Gasteiger charge is 2.01. The lowest BCUT2D eigenvalue weighted by molar-refractivity contribution is 0.583. The molecule has 0 aromatic rings. The van der Waals surface area contributed by atoms with Gasteiger partial charge in [-0.3, -0.25) is 4.57 Å². The minimum atomic E-state index is -2.58. The van der Waals surface area contributed by atoms with E-state index in [2.05, 4.69) is 4.95 Å². The molecule has 0 bridgehead atoms. The van der Waals surface area contributed by atoms with Gasteiger partial charge in [-0.15, -0.1) is 4.91 Å². The molecule has 3 nitrogen and oxygen atoms in total. The average Bonchev–Trinajstić information content (AvgIpc) is 1.35. The fourth-order valence-electron chi connectivity index (χ4n) is 0. The van der Waals surface area contributed by atoms with Gasteiger partial charge >= 0.3 is 0 Å². The second-order valence-electron chi connectivity index (χ2n) is 1.38. The molecule has 0 aromatic heterocycles. The highest BCUT2D eigenvalue weighted by molar-refractivity contribution is 7.60. The number of nitrogens with zero attached hydrogens (tertiary/aromatic N) is 1. The zero-order chi connectivity index (χ0) is 5.21. The van der Waals surface area contributed by atoms with Crippen molar-refractivity contribution in [3.63, 3.8) is 0 Å². The van der Waals surface area contributed by atoms with Crippen LogP contribution in [0.5, 0.6) is 0 Å². The van der Waals surface area contributed by atoms with Gasteiger partial charge in [-0.1, -0.05) is 0 Å². The molecule has 6 heavy (non-hydrogen) atoms. The summed E-state index contributed by atoms with van der Waals surface area (Å²) in [6, 6.07) is 0. The Morgan fingerprint density at radius 3 is 1.67 bits per heavy atom. The summed E-state index contributed by atoms with van der Waals surface area (Å²) in [6.45, 7) is 2.64. The topological polar surface area (TPSA) is 46.5 Å². The number of nitroso groups, excluding NO2 is 1. The Kier molecular flexibility index (Phi) is 1.48. The van der Waals surface area contributed by atoms with Crippen molar-refractivity contribution in [2.45, 2.75) is 0 Å². The zero-order valence-electron chi connectivity index (χ0n) is 3.71. The van der Waals surface area contributed by atoms with E-state index < -0.39 is 7.29 Å². The molecule has 0 aliphatic carbocycles. The van der Waals surface area contributed by atoms with Crippen molar-refractivity contribution in [3.8, 4) is 0 Å². The molecule has 0 saturated heterocycles. The molecule has 0 fully saturated rings. The Labute approximate surface area is 36.1 Å². The van der Waals surface area contributed by atoms with Crippen LogP contribution >= 0.6 is 7.29 Å². The van der Waals surface area contributed by atoms with E-state index in [9.17, 15) is 9.47 Å². The average molecular weight is 107 g/mol. The molecule has 0 rings (SSSR count). The van der Waals surface area contributed by atoms with Gasteiger partial charge < -0.3 is 0 Å². The predicted octanol–water partition coefficient (Wildman–Crippen LogP) is 1.29. The summed E-state index contributed by atoms with van der Waals surface area (Å²) in [5.41, 5.74) is 0. The largest absolute Gasteiger partial charge is 0.296 e. The highest BCUT2D eigenvalue weighted by atomic mass is 31.2. The van der Waals surface area contributed by atoms with Crippen molar-refractivity contribution < 1.29 is 4.57 Å². The lowest BCUT2D eigenvalue weighted by Crippen LogP contribution is -1.59. The Balaban J connectivity index is 3.81. The third kappa shape index (κ3) is 3.83. The number of rotatable bonds is 1. The Morgan fingerprint density at radius 1 is 1.50 bits per heavy atom. The van der Waals surface area contributed by atoms with Crippen LogP contribution in [0.4, 0.5) is 0 Å². The van der Waals surface area contributed by atoms with Crippen molar-refractivity contribution >= 4 is 7.29 Å². The van der Waals surface area contributed by atoms with Crippen LogP contribution in [0.15, 0.2) is 4.95 Å². The van der Waals surface area contributed by atoms with Crippen molar-refractivity contribution in [3.05, 3.63) is 4.91 Å². The summed E-state index contributed by atoms with van der Waals surface area (Å²) in [7, 11) is -2.58. The summed E-state index contributed by atoms with van der Waals surface area (Å²) >= 11 is 0. The van der Waals surface area contributed by atoms with E-state index in [-0.39, 0.29) is 0 Å². The summed E-state index contributed by atoms with van der Waals surface area (Å²) in [5, 5.41) is 0. The maximum absolute atomic E-state index is 10.1. The van der Waals surface area contributed by atoms with Gasteiger partial charge in [-0.25, -0.2) is 0 Å². The second kappa shape index (κ2) is 1.52. The van der Waals surface area contributed by atoms with E-state index in [1.165, 1.54) is 13.3 Å². The first-order valence-corrected chi connectivity index (χ1v) is 4.01. The molecule has 0 atom stereocenters. The third-order valence-electron chi connectivity index (χ3n) is 0.197.